The van der Waals surface area contributed by atoms with E-state index in [1.54, 1.807) is 0 Å². The second-order valence-corrected chi connectivity index (χ2v) is 5.63. The molecule has 0 aliphatic carbocycles. The standard InChI is InChI=1S/C17H16F4N4/c18-14-5-2-12(3-6-14)1-4-13-11-15(25-9-7-22-8-10-25)23-24-16(13)17(19,20)21/h1-6,11,22H,7-10H2/b4-1-. The predicted molar refractivity (Wildman–Crippen MR) is 87.4 cm³/mol. The van der Waals surface area contributed by atoms with E-state index in [4.69, 9.17) is 0 Å². The molecule has 0 bridgehead atoms. The molecule has 1 aromatic carbocycles. The highest BCUT2D eigenvalue weighted by Gasteiger charge is 2.36. The molecule has 1 aliphatic heterocycles. The van der Waals surface area contributed by atoms with Gasteiger partial charge >= 0.3 is 6.18 Å². The molecule has 1 saturated heterocycles. The van der Waals surface area contributed by atoms with Gasteiger partial charge in [0.25, 0.3) is 0 Å². The van der Waals surface area contributed by atoms with Crippen LogP contribution in [0.4, 0.5) is 23.4 Å². The third-order valence-corrected chi connectivity index (χ3v) is 3.85. The van der Waals surface area contributed by atoms with Crippen LogP contribution in [0, 0.1) is 5.82 Å². The summed E-state index contributed by atoms with van der Waals surface area (Å²) in [5.41, 5.74) is -0.514. The van der Waals surface area contributed by atoms with Crippen LogP contribution in [0.1, 0.15) is 16.8 Å². The number of alkyl halides is 3. The van der Waals surface area contributed by atoms with Gasteiger partial charge < -0.3 is 10.2 Å². The summed E-state index contributed by atoms with van der Waals surface area (Å²) in [5.74, 6) is 0.00737. The van der Waals surface area contributed by atoms with Crippen molar-refractivity contribution in [2.24, 2.45) is 0 Å². The first-order valence-corrected chi connectivity index (χ1v) is 7.78. The lowest BCUT2D eigenvalue weighted by Crippen LogP contribution is -2.44. The highest BCUT2D eigenvalue weighted by molar-refractivity contribution is 5.72. The zero-order chi connectivity index (χ0) is 17.9. The number of anilines is 1. The minimum atomic E-state index is -4.60. The van der Waals surface area contributed by atoms with Crippen LogP contribution in [-0.2, 0) is 6.18 Å². The third-order valence-electron chi connectivity index (χ3n) is 3.85. The number of aromatic nitrogens is 2. The Morgan fingerprint density at radius 1 is 1.00 bits per heavy atom. The number of hydrogen-bond donors (Lipinski definition) is 1. The van der Waals surface area contributed by atoms with Crippen molar-refractivity contribution < 1.29 is 17.6 Å². The Morgan fingerprint density at radius 3 is 2.32 bits per heavy atom. The fraction of sp³-hybridized carbons (Fsp3) is 0.294. The van der Waals surface area contributed by atoms with Gasteiger partial charge in [-0.2, -0.15) is 13.2 Å². The second-order valence-electron chi connectivity index (χ2n) is 5.63. The average Bonchev–Trinajstić information content (AvgIpc) is 2.61. The van der Waals surface area contributed by atoms with Crippen molar-refractivity contribution in [1.29, 1.82) is 0 Å². The van der Waals surface area contributed by atoms with Crippen LogP contribution in [0.3, 0.4) is 0 Å². The number of nitrogens with zero attached hydrogens (tertiary/aromatic N) is 3. The molecule has 1 N–H and O–H groups in total. The minimum absolute atomic E-state index is 0.0691. The van der Waals surface area contributed by atoms with Crippen molar-refractivity contribution in [3.8, 4) is 0 Å². The zero-order valence-corrected chi connectivity index (χ0v) is 13.2. The van der Waals surface area contributed by atoms with Crippen molar-refractivity contribution in [3.63, 3.8) is 0 Å². The summed E-state index contributed by atoms with van der Waals surface area (Å²) in [4.78, 5) is 1.89. The monoisotopic (exact) mass is 352 g/mol. The molecule has 4 nitrogen and oxygen atoms in total. The van der Waals surface area contributed by atoms with Crippen LogP contribution < -0.4 is 10.2 Å². The van der Waals surface area contributed by atoms with E-state index >= 15 is 0 Å². The van der Waals surface area contributed by atoms with Gasteiger partial charge in [-0.3, -0.25) is 0 Å². The minimum Gasteiger partial charge on any atom is -0.353 e. The molecule has 2 heterocycles. The summed E-state index contributed by atoms with van der Waals surface area (Å²) < 4.78 is 52.5. The van der Waals surface area contributed by atoms with Gasteiger partial charge in [-0.25, -0.2) is 4.39 Å². The summed E-state index contributed by atoms with van der Waals surface area (Å²) >= 11 is 0. The molecule has 0 saturated carbocycles. The number of rotatable bonds is 3. The third kappa shape index (κ3) is 4.33. The first kappa shape index (κ1) is 17.3. The van der Waals surface area contributed by atoms with E-state index in [0.717, 1.165) is 13.1 Å². The van der Waals surface area contributed by atoms with Gasteiger partial charge in [-0.15, -0.1) is 10.2 Å². The lowest BCUT2D eigenvalue weighted by molar-refractivity contribution is -0.141. The highest BCUT2D eigenvalue weighted by atomic mass is 19.4. The van der Waals surface area contributed by atoms with Crippen molar-refractivity contribution in [2.75, 3.05) is 31.1 Å². The first-order valence-electron chi connectivity index (χ1n) is 7.78. The molecule has 0 amide bonds. The molecule has 132 valence electrons. The normalized spacial score (nSPS) is 15.8. The summed E-state index contributed by atoms with van der Waals surface area (Å²) in [6.45, 7) is 2.79. The van der Waals surface area contributed by atoms with Gasteiger partial charge in [0.05, 0.1) is 0 Å². The lowest BCUT2D eigenvalue weighted by Gasteiger charge is -2.28. The van der Waals surface area contributed by atoms with E-state index in [1.807, 2.05) is 4.90 Å². The number of halogens is 4. The van der Waals surface area contributed by atoms with Gasteiger partial charge in [-0.05, 0) is 23.8 Å². The number of nitrogens with one attached hydrogen (secondary N) is 1. The molecule has 1 aromatic heterocycles. The molecule has 3 rings (SSSR count). The van der Waals surface area contributed by atoms with Gasteiger partial charge in [0.15, 0.2) is 11.5 Å². The van der Waals surface area contributed by atoms with Gasteiger partial charge in [0, 0.05) is 31.7 Å². The lowest BCUT2D eigenvalue weighted by atomic mass is 10.1. The fourth-order valence-electron chi connectivity index (χ4n) is 2.55. The molecule has 8 heteroatoms. The molecule has 1 fully saturated rings. The molecule has 0 radical (unpaired) electrons. The van der Waals surface area contributed by atoms with Gasteiger partial charge in [-0.1, -0.05) is 24.3 Å². The Labute approximate surface area is 142 Å². The Kier molecular flexibility index (Phi) is 4.98. The summed E-state index contributed by atoms with van der Waals surface area (Å²) in [7, 11) is 0. The maximum absolute atomic E-state index is 13.2. The van der Waals surface area contributed by atoms with E-state index in [2.05, 4.69) is 15.5 Å². The van der Waals surface area contributed by atoms with Crippen LogP contribution in [0.2, 0.25) is 0 Å². The average molecular weight is 352 g/mol. The summed E-state index contributed by atoms with van der Waals surface area (Å²) in [6.07, 6.45) is -1.78. The Balaban J connectivity index is 1.94. The van der Waals surface area contributed by atoms with E-state index in [0.29, 0.717) is 24.5 Å². The quantitative estimate of drug-likeness (QED) is 0.862. The highest BCUT2D eigenvalue weighted by Crippen LogP contribution is 2.32. The molecule has 0 spiro atoms. The fourth-order valence-corrected chi connectivity index (χ4v) is 2.55. The molecule has 0 unspecified atom stereocenters. The van der Waals surface area contributed by atoms with Crippen molar-refractivity contribution >= 4 is 18.0 Å². The van der Waals surface area contributed by atoms with Crippen molar-refractivity contribution in [1.82, 2.24) is 15.5 Å². The van der Waals surface area contributed by atoms with E-state index in [9.17, 15) is 17.6 Å². The Bertz CT molecular complexity index is 750. The van der Waals surface area contributed by atoms with Crippen molar-refractivity contribution in [3.05, 3.63) is 53.0 Å². The largest absolute Gasteiger partial charge is 0.435 e. The molecule has 0 atom stereocenters. The Morgan fingerprint density at radius 2 is 1.68 bits per heavy atom. The van der Waals surface area contributed by atoms with Crippen LogP contribution in [-0.4, -0.2) is 36.4 Å². The topological polar surface area (TPSA) is 41.0 Å². The second kappa shape index (κ2) is 7.18. The van der Waals surface area contributed by atoms with Gasteiger partial charge in [0.1, 0.15) is 5.82 Å². The molecule has 1 aliphatic rings. The first-order chi connectivity index (χ1) is 11.9. The number of piperazine rings is 1. The Hall–Kier alpha value is -2.48. The number of hydrogen-bond acceptors (Lipinski definition) is 4. The summed E-state index contributed by atoms with van der Waals surface area (Å²) in [6, 6.07) is 6.87. The van der Waals surface area contributed by atoms with E-state index in [1.165, 1.54) is 42.5 Å². The SMILES string of the molecule is Fc1ccc(/C=C\c2cc(N3CCNCC3)nnc2C(F)(F)F)cc1. The number of benzene rings is 1. The van der Waals surface area contributed by atoms with E-state index < -0.39 is 17.7 Å². The molecular formula is C17H16F4N4. The van der Waals surface area contributed by atoms with Crippen molar-refractivity contribution in [2.45, 2.75) is 6.18 Å². The van der Waals surface area contributed by atoms with Crippen LogP contribution in [0.15, 0.2) is 30.3 Å². The molecule has 25 heavy (non-hydrogen) atoms. The molecule has 2 aromatic rings. The van der Waals surface area contributed by atoms with Gasteiger partial charge in [0.2, 0.25) is 0 Å². The van der Waals surface area contributed by atoms with Crippen LogP contribution in [0.5, 0.6) is 0 Å². The summed E-state index contributed by atoms with van der Waals surface area (Å²) in [5, 5.41) is 10.3. The van der Waals surface area contributed by atoms with E-state index in [-0.39, 0.29) is 5.56 Å². The van der Waals surface area contributed by atoms with Crippen LogP contribution >= 0.6 is 0 Å². The molecular weight excluding hydrogens is 336 g/mol. The van der Waals surface area contributed by atoms with Crippen LogP contribution in [0.25, 0.3) is 12.2 Å². The smallest absolute Gasteiger partial charge is 0.353 e. The zero-order valence-electron chi connectivity index (χ0n) is 13.2. The maximum Gasteiger partial charge on any atom is 0.435 e. The maximum atomic E-state index is 13.2. The predicted octanol–water partition coefficient (Wildman–Crippen LogP) is 3.21.